The van der Waals surface area contributed by atoms with E-state index < -0.39 is 0 Å². The Bertz CT molecular complexity index is 1140. The van der Waals surface area contributed by atoms with Gasteiger partial charge in [-0.05, 0) is 48.5 Å². The monoisotopic (exact) mass is 399 g/mol. The number of carbonyl (C=O) groups excluding carboxylic acids is 2. The first-order chi connectivity index (χ1) is 14.6. The maximum atomic E-state index is 12.7. The second-order valence-corrected chi connectivity index (χ2v) is 6.88. The molecule has 0 aliphatic carbocycles. The number of nitrogens with zero attached hydrogens (tertiary/aromatic N) is 2. The number of urea groups is 1. The maximum Gasteiger partial charge on any atom is 0.323 e. The lowest BCUT2D eigenvalue weighted by atomic mass is 10.2. The molecule has 0 unspecified atom stereocenters. The molecular weight excluding hydrogens is 378 g/mol. The first-order valence-corrected chi connectivity index (χ1v) is 9.51. The second kappa shape index (κ2) is 8.48. The van der Waals surface area contributed by atoms with Gasteiger partial charge in [-0.15, -0.1) is 0 Å². The van der Waals surface area contributed by atoms with E-state index in [4.69, 9.17) is 0 Å². The Hall–Kier alpha value is -4.13. The minimum absolute atomic E-state index is 0.129. The van der Waals surface area contributed by atoms with Crippen LogP contribution >= 0.6 is 0 Å². The van der Waals surface area contributed by atoms with Crippen molar-refractivity contribution in [3.05, 3.63) is 90.3 Å². The molecular formula is C23H21N5O2. The third kappa shape index (κ3) is 4.47. The quantitative estimate of drug-likeness (QED) is 0.462. The molecule has 0 bridgehead atoms. The van der Waals surface area contributed by atoms with Crippen LogP contribution in [-0.2, 0) is 6.54 Å². The Morgan fingerprint density at radius 1 is 0.867 bits per heavy atom. The average Bonchev–Trinajstić information content (AvgIpc) is 3.16. The van der Waals surface area contributed by atoms with Gasteiger partial charge in [0.2, 0.25) is 0 Å². The van der Waals surface area contributed by atoms with Crippen LogP contribution < -0.4 is 10.6 Å². The summed E-state index contributed by atoms with van der Waals surface area (Å²) in [5.74, 6) is 0.596. The summed E-state index contributed by atoms with van der Waals surface area (Å²) in [6.07, 6.45) is 0. The molecule has 150 valence electrons. The minimum atomic E-state index is -0.345. The largest absolute Gasteiger partial charge is 0.340 e. The van der Waals surface area contributed by atoms with Crippen LogP contribution in [0.5, 0.6) is 0 Å². The number of amides is 3. The minimum Gasteiger partial charge on any atom is -0.340 e. The zero-order chi connectivity index (χ0) is 20.9. The number of anilines is 2. The number of hydrogen-bond acceptors (Lipinski definition) is 3. The van der Waals surface area contributed by atoms with Crippen LogP contribution in [-0.4, -0.2) is 33.9 Å². The first kappa shape index (κ1) is 19.2. The third-order valence-corrected chi connectivity index (χ3v) is 4.59. The molecule has 30 heavy (non-hydrogen) atoms. The van der Waals surface area contributed by atoms with Gasteiger partial charge in [0.15, 0.2) is 0 Å². The van der Waals surface area contributed by atoms with Crippen LogP contribution in [0.15, 0.2) is 78.9 Å². The molecule has 1 aromatic heterocycles. The molecule has 0 fully saturated rings. The molecule has 7 nitrogen and oxygen atoms in total. The van der Waals surface area contributed by atoms with Gasteiger partial charge < -0.3 is 20.5 Å². The maximum absolute atomic E-state index is 12.7. The molecule has 0 aliphatic rings. The summed E-state index contributed by atoms with van der Waals surface area (Å²) in [5, 5.41) is 5.50. The fourth-order valence-corrected chi connectivity index (χ4v) is 3.11. The van der Waals surface area contributed by atoms with Crippen molar-refractivity contribution in [3.8, 4) is 0 Å². The van der Waals surface area contributed by atoms with E-state index in [1.807, 2.05) is 42.5 Å². The van der Waals surface area contributed by atoms with Gasteiger partial charge in [-0.25, -0.2) is 9.78 Å². The Kier molecular flexibility index (Phi) is 5.43. The van der Waals surface area contributed by atoms with Gasteiger partial charge in [-0.1, -0.05) is 30.3 Å². The van der Waals surface area contributed by atoms with Crippen molar-refractivity contribution in [1.82, 2.24) is 14.9 Å². The van der Waals surface area contributed by atoms with E-state index in [0.29, 0.717) is 23.5 Å². The molecule has 1 heterocycles. The van der Waals surface area contributed by atoms with Gasteiger partial charge in [0, 0.05) is 24.0 Å². The number of rotatable bonds is 5. The molecule has 4 rings (SSSR count). The lowest BCUT2D eigenvalue weighted by Crippen LogP contribution is -2.26. The normalized spacial score (nSPS) is 10.6. The van der Waals surface area contributed by atoms with Crippen LogP contribution in [0.4, 0.5) is 16.2 Å². The third-order valence-electron chi connectivity index (χ3n) is 4.59. The molecule has 0 saturated carbocycles. The molecule has 0 aliphatic heterocycles. The highest BCUT2D eigenvalue weighted by atomic mass is 16.2. The number of aromatic amines is 1. The summed E-state index contributed by atoms with van der Waals surface area (Å²) < 4.78 is 0. The number of nitrogens with one attached hydrogen (secondary N) is 3. The topological polar surface area (TPSA) is 90.1 Å². The van der Waals surface area contributed by atoms with Gasteiger partial charge in [-0.3, -0.25) is 4.79 Å². The van der Waals surface area contributed by atoms with Crippen molar-refractivity contribution in [2.75, 3.05) is 17.7 Å². The van der Waals surface area contributed by atoms with Crippen molar-refractivity contribution in [2.24, 2.45) is 0 Å². The number of para-hydroxylation sites is 3. The first-order valence-electron chi connectivity index (χ1n) is 9.51. The van der Waals surface area contributed by atoms with Gasteiger partial charge in [0.1, 0.15) is 5.82 Å². The fourth-order valence-electron chi connectivity index (χ4n) is 3.11. The Labute approximate surface area is 173 Å². The van der Waals surface area contributed by atoms with Crippen molar-refractivity contribution in [1.29, 1.82) is 0 Å². The van der Waals surface area contributed by atoms with E-state index in [9.17, 15) is 9.59 Å². The average molecular weight is 399 g/mol. The highest BCUT2D eigenvalue weighted by Gasteiger charge is 2.14. The predicted octanol–water partition coefficient (Wildman–Crippen LogP) is 4.48. The smallest absolute Gasteiger partial charge is 0.323 e. The molecule has 3 N–H and O–H groups in total. The van der Waals surface area contributed by atoms with Gasteiger partial charge in [0.05, 0.1) is 17.6 Å². The summed E-state index contributed by atoms with van der Waals surface area (Å²) in [6.45, 7) is 0.368. The molecule has 3 amide bonds. The molecule has 0 atom stereocenters. The van der Waals surface area contributed by atoms with Gasteiger partial charge >= 0.3 is 6.03 Å². The summed E-state index contributed by atoms with van der Waals surface area (Å²) in [6, 6.07) is 23.4. The predicted molar refractivity (Wildman–Crippen MR) is 117 cm³/mol. The number of imidazole rings is 1. The molecule has 4 aromatic rings. The van der Waals surface area contributed by atoms with Crippen molar-refractivity contribution < 1.29 is 9.59 Å². The Morgan fingerprint density at radius 3 is 2.20 bits per heavy atom. The molecule has 7 heteroatoms. The van der Waals surface area contributed by atoms with E-state index in [1.54, 1.807) is 48.3 Å². The van der Waals surface area contributed by atoms with Crippen molar-refractivity contribution >= 4 is 34.3 Å². The lowest BCUT2D eigenvalue weighted by molar-refractivity contribution is 0.0782. The van der Waals surface area contributed by atoms with Crippen LogP contribution in [0.1, 0.15) is 16.2 Å². The number of aromatic nitrogens is 2. The Balaban J connectivity index is 1.36. The highest BCUT2D eigenvalue weighted by molar-refractivity contribution is 6.00. The van der Waals surface area contributed by atoms with E-state index in [2.05, 4.69) is 20.6 Å². The van der Waals surface area contributed by atoms with Gasteiger partial charge in [-0.2, -0.15) is 0 Å². The van der Waals surface area contributed by atoms with Crippen LogP contribution in [0.2, 0.25) is 0 Å². The standard InChI is InChI=1S/C23H21N5O2/c1-28(15-21-26-19-9-5-6-10-20(19)27-21)22(29)16-11-13-18(14-12-16)25-23(30)24-17-7-3-2-4-8-17/h2-14H,15H2,1H3,(H,26,27)(H2,24,25,30). The van der Waals surface area contributed by atoms with Crippen molar-refractivity contribution in [2.45, 2.75) is 6.54 Å². The number of hydrogen-bond donors (Lipinski definition) is 3. The fraction of sp³-hybridized carbons (Fsp3) is 0.0870. The summed E-state index contributed by atoms with van der Waals surface area (Å²) in [5.41, 5.74) is 3.65. The lowest BCUT2D eigenvalue weighted by Gasteiger charge is -2.16. The summed E-state index contributed by atoms with van der Waals surface area (Å²) >= 11 is 0. The van der Waals surface area contributed by atoms with E-state index >= 15 is 0 Å². The van der Waals surface area contributed by atoms with E-state index in [-0.39, 0.29) is 11.9 Å². The number of fused-ring (bicyclic) bond motifs is 1. The van der Waals surface area contributed by atoms with Crippen LogP contribution in [0.3, 0.4) is 0 Å². The van der Waals surface area contributed by atoms with Crippen LogP contribution in [0, 0.1) is 0 Å². The summed E-state index contributed by atoms with van der Waals surface area (Å²) in [7, 11) is 1.73. The van der Waals surface area contributed by atoms with Gasteiger partial charge in [0.25, 0.3) is 5.91 Å². The molecule has 0 spiro atoms. The molecule has 0 radical (unpaired) electrons. The second-order valence-electron chi connectivity index (χ2n) is 6.88. The number of benzene rings is 3. The summed E-state index contributed by atoms with van der Waals surface area (Å²) in [4.78, 5) is 34.1. The number of H-pyrrole nitrogens is 1. The molecule has 0 saturated heterocycles. The zero-order valence-electron chi connectivity index (χ0n) is 16.4. The SMILES string of the molecule is CN(Cc1nc2ccccc2[nH]1)C(=O)c1ccc(NC(=O)Nc2ccccc2)cc1. The number of carbonyl (C=O) groups is 2. The molecule has 3 aromatic carbocycles. The van der Waals surface area contributed by atoms with Crippen LogP contribution in [0.25, 0.3) is 11.0 Å². The Morgan fingerprint density at radius 2 is 1.50 bits per heavy atom. The van der Waals surface area contributed by atoms with E-state index in [1.165, 1.54) is 0 Å². The highest BCUT2D eigenvalue weighted by Crippen LogP contribution is 2.15. The zero-order valence-corrected chi connectivity index (χ0v) is 16.4. The van der Waals surface area contributed by atoms with Crippen molar-refractivity contribution in [3.63, 3.8) is 0 Å². The van der Waals surface area contributed by atoms with E-state index in [0.717, 1.165) is 16.9 Å².